The number of thioether (sulfide) groups is 1. The predicted octanol–water partition coefficient (Wildman–Crippen LogP) is 2.29. The average molecular weight is 321 g/mol. The van der Waals surface area contributed by atoms with Crippen LogP contribution < -0.4 is 15.4 Å². The van der Waals surface area contributed by atoms with E-state index in [1.54, 1.807) is 6.07 Å². The molecule has 1 aliphatic heterocycles. The minimum Gasteiger partial charge on any atom is -0.494 e. The standard InChI is InChI=1S/C13H17FN2O2S.ClH/c1-18-12-3-2-9(6-11(12)14)16-13(17)7-10-8-19-5-4-15-10;/h2-3,6,10,15H,4-5,7-8H2,1H3,(H,16,17);1H. The monoisotopic (exact) mass is 320 g/mol. The summed E-state index contributed by atoms with van der Waals surface area (Å²) in [6.07, 6.45) is 0.403. The predicted molar refractivity (Wildman–Crippen MR) is 82.6 cm³/mol. The van der Waals surface area contributed by atoms with Gasteiger partial charge in [-0.3, -0.25) is 4.79 Å². The molecule has 7 heteroatoms. The lowest BCUT2D eigenvalue weighted by atomic mass is 10.2. The van der Waals surface area contributed by atoms with Gasteiger partial charge in [-0.2, -0.15) is 11.8 Å². The molecule has 0 spiro atoms. The van der Waals surface area contributed by atoms with Gasteiger partial charge in [-0.15, -0.1) is 12.4 Å². The number of ether oxygens (including phenoxy) is 1. The largest absolute Gasteiger partial charge is 0.494 e. The van der Waals surface area contributed by atoms with Crippen molar-refractivity contribution in [2.24, 2.45) is 0 Å². The van der Waals surface area contributed by atoms with E-state index in [2.05, 4.69) is 10.6 Å². The minimum atomic E-state index is -0.480. The number of carbonyl (C=O) groups excluding carboxylic acids is 1. The van der Waals surface area contributed by atoms with Gasteiger partial charge in [0.25, 0.3) is 0 Å². The smallest absolute Gasteiger partial charge is 0.225 e. The summed E-state index contributed by atoms with van der Waals surface area (Å²) in [4.78, 5) is 11.8. The fourth-order valence-electron chi connectivity index (χ4n) is 1.93. The molecule has 4 nitrogen and oxygen atoms in total. The third kappa shape index (κ3) is 4.85. The van der Waals surface area contributed by atoms with E-state index >= 15 is 0 Å². The number of rotatable bonds is 4. The molecule has 1 heterocycles. The van der Waals surface area contributed by atoms with Crippen LogP contribution in [0.1, 0.15) is 6.42 Å². The number of hydrogen-bond acceptors (Lipinski definition) is 4. The van der Waals surface area contributed by atoms with Crippen molar-refractivity contribution in [1.29, 1.82) is 0 Å². The number of hydrogen-bond donors (Lipinski definition) is 2. The van der Waals surface area contributed by atoms with Crippen molar-refractivity contribution in [3.05, 3.63) is 24.0 Å². The molecular formula is C13H18ClFN2O2S. The van der Waals surface area contributed by atoms with Crippen LogP contribution in [0.4, 0.5) is 10.1 Å². The van der Waals surface area contributed by atoms with Crippen LogP contribution in [0.25, 0.3) is 0 Å². The van der Waals surface area contributed by atoms with Crippen LogP contribution in [0.5, 0.6) is 5.75 Å². The topological polar surface area (TPSA) is 50.4 Å². The number of benzene rings is 1. The SMILES string of the molecule is COc1ccc(NC(=O)CC2CSCCN2)cc1F.Cl. The Labute approximate surface area is 128 Å². The van der Waals surface area contributed by atoms with E-state index in [-0.39, 0.29) is 30.1 Å². The van der Waals surface area contributed by atoms with Crippen molar-refractivity contribution >= 4 is 35.8 Å². The van der Waals surface area contributed by atoms with Crippen molar-refractivity contribution < 1.29 is 13.9 Å². The summed E-state index contributed by atoms with van der Waals surface area (Å²) in [6, 6.07) is 4.59. The first-order valence-electron chi connectivity index (χ1n) is 6.13. The number of methoxy groups -OCH3 is 1. The van der Waals surface area contributed by atoms with Crippen molar-refractivity contribution in [3.63, 3.8) is 0 Å². The van der Waals surface area contributed by atoms with Crippen LogP contribution in [0.2, 0.25) is 0 Å². The van der Waals surface area contributed by atoms with E-state index in [1.165, 1.54) is 19.2 Å². The molecule has 0 aliphatic carbocycles. The van der Waals surface area contributed by atoms with Gasteiger partial charge in [0, 0.05) is 42.3 Å². The third-order valence-corrected chi connectivity index (χ3v) is 4.00. The molecule has 1 atom stereocenters. The maximum Gasteiger partial charge on any atom is 0.225 e. The van der Waals surface area contributed by atoms with E-state index in [0.29, 0.717) is 12.1 Å². The summed E-state index contributed by atoms with van der Waals surface area (Å²) >= 11 is 1.84. The summed E-state index contributed by atoms with van der Waals surface area (Å²) < 4.78 is 18.3. The number of amides is 1. The molecule has 112 valence electrons. The molecule has 2 rings (SSSR count). The average Bonchev–Trinajstić information content (AvgIpc) is 2.40. The zero-order valence-electron chi connectivity index (χ0n) is 11.1. The Hall–Kier alpha value is -0.980. The molecule has 1 aromatic rings. The van der Waals surface area contributed by atoms with Gasteiger partial charge in [-0.25, -0.2) is 4.39 Å². The van der Waals surface area contributed by atoms with Crippen molar-refractivity contribution in [2.45, 2.75) is 12.5 Å². The number of anilines is 1. The van der Waals surface area contributed by atoms with Crippen LogP contribution in [0.3, 0.4) is 0 Å². The minimum absolute atomic E-state index is 0. The highest BCUT2D eigenvalue weighted by atomic mass is 35.5. The van der Waals surface area contributed by atoms with Crippen LogP contribution in [-0.4, -0.2) is 37.1 Å². The van der Waals surface area contributed by atoms with Gasteiger partial charge in [0.15, 0.2) is 11.6 Å². The van der Waals surface area contributed by atoms with Crippen molar-refractivity contribution in [1.82, 2.24) is 5.32 Å². The van der Waals surface area contributed by atoms with E-state index in [4.69, 9.17) is 4.74 Å². The molecule has 0 saturated carbocycles. The Morgan fingerprint density at radius 1 is 1.60 bits per heavy atom. The van der Waals surface area contributed by atoms with E-state index in [0.717, 1.165) is 18.1 Å². The summed E-state index contributed by atoms with van der Waals surface area (Å²) in [5.41, 5.74) is 0.451. The Balaban J connectivity index is 0.00000200. The second-order valence-corrected chi connectivity index (χ2v) is 5.48. The Morgan fingerprint density at radius 2 is 2.40 bits per heavy atom. The summed E-state index contributed by atoms with van der Waals surface area (Å²) in [5, 5.41) is 5.99. The number of carbonyl (C=O) groups is 1. The molecule has 0 radical (unpaired) electrons. The van der Waals surface area contributed by atoms with E-state index < -0.39 is 5.82 Å². The van der Waals surface area contributed by atoms with Crippen LogP contribution in [0.15, 0.2) is 18.2 Å². The van der Waals surface area contributed by atoms with Crippen molar-refractivity contribution in [2.75, 3.05) is 30.5 Å². The van der Waals surface area contributed by atoms with Crippen LogP contribution in [0, 0.1) is 5.82 Å². The lowest BCUT2D eigenvalue weighted by molar-refractivity contribution is -0.116. The molecule has 1 aliphatic rings. The molecule has 1 fully saturated rings. The first-order valence-corrected chi connectivity index (χ1v) is 7.29. The first kappa shape index (κ1) is 17.1. The fraction of sp³-hybridized carbons (Fsp3) is 0.462. The molecular weight excluding hydrogens is 303 g/mol. The van der Waals surface area contributed by atoms with Crippen LogP contribution >= 0.6 is 24.2 Å². The lowest BCUT2D eigenvalue weighted by Gasteiger charge is -2.22. The lowest BCUT2D eigenvalue weighted by Crippen LogP contribution is -2.39. The van der Waals surface area contributed by atoms with Gasteiger partial charge in [0.2, 0.25) is 5.91 Å². The summed E-state index contributed by atoms with van der Waals surface area (Å²) in [6.45, 7) is 0.930. The highest BCUT2D eigenvalue weighted by Gasteiger charge is 2.17. The van der Waals surface area contributed by atoms with Crippen LogP contribution in [-0.2, 0) is 4.79 Å². The van der Waals surface area contributed by atoms with Gasteiger partial charge in [0.1, 0.15) is 0 Å². The van der Waals surface area contributed by atoms with Gasteiger partial charge in [0.05, 0.1) is 7.11 Å². The Bertz CT molecular complexity index is 456. The molecule has 1 unspecified atom stereocenters. The quantitative estimate of drug-likeness (QED) is 0.893. The van der Waals surface area contributed by atoms with E-state index in [9.17, 15) is 9.18 Å². The maximum absolute atomic E-state index is 13.5. The second-order valence-electron chi connectivity index (χ2n) is 4.33. The highest BCUT2D eigenvalue weighted by molar-refractivity contribution is 7.99. The normalized spacial score (nSPS) is 18.0. The number of halogens is 2. The Morgan fingerprint density at radius 3 is 3.00 bits per heavy atom. The fourth-order valence-corrected chi connectivity index (χ4v) is 2.88. The third-order valence-electron chi connectivity index (χ3n) is 2.87. The van der Waals surface area contributed by atoms with Gasteiger partial charge in [-0.1, -0.05) is 0 Å². The van der Waals surface area contributed by atoms with Gasteiger partial charge >= 0.3 is 0 Å². The molecule has 1 saturated heterocycles. The van der Waals surface area contributed by atoms with Gasteiger partial charge in [-0.05, 0) is 12.1 Å². The van der Waals surface area contributed by atoms with Crippen molar-refractivity contribution in [3.8, 4) is 5.75 Å². The molecule has 2 N–H and O–H groups in total. The zero-order chi connectivity index (χ0) is 13.7. The van der Waals surface area contributed by atoms with Gasteiger partial charge < -0.3 is 15.4 Å². The summed E-state index contributed by atoms with van der Waals surface area (Å²) in [7, 11) is 1.41. The first-order chi connectivity index (χ1) is 9.19. The molecule has 1 amide bonds. The second kappa shape index (κ2) is 8.34. The molecule has 0 aromatic heterocycles. The summed E-state index contributed by atoms with van der Waals surface area (Å²) in [5.74, 6) is 1.60. The molecule has 0 bridgehead atoms. The van der Waals surface area contributed by atoms with E-state index in [1.807, 2.05) is 11.8 Å². The number of nitrogens with one attached hydrogen (secondary N) is 2. The Kier molecular flexibility index (Phi) is 7.12. The maximum atomic E-state index is 13.5. The molecule has 1 aromatic carbocycles. The highest BCUT2D eigenvalue weighted by Crippen LogP contribution is 2.21. The zero-order valence-corrected chi connectivity index (χ0v) is 12.8. The molecule has 20 heavy (non-hydrogen) atoms.